The zero-order chi connectivity index (χ0) is 31.5. The van der Waals surface area contributed by atoms with Crippen LogP contribution in [-0.4, -0.2) is 36.0 Å². The van der Waals surface area contributed by atoms with Gasteiger partial charge in [0.25, 0.3) is 0 Å². The SMILES string of the molecule is COc1ccccc1C(OC(c1ccccc1OC)(c1ccccc1OC)C(Cl)(Cl)Cl)(c1ccccc1OC)C(Cl)(Cl)Cl. The van der Waals surface area contributed by atoms with Gasteiger partial charge in [0, 0.05) is 22.3 Å². The number of hydrogen-bond acceptors (Lipinski definition) is 5. The average Bonchev–Trinajstić information content (AvgIpc) is 3.00. The molecule has 0 saturated heterocycles. The average molecular weight is 705 g/mol. The van der Waals surface area contributed by atoms with Crippen molar-refractivity contribution in [3.8, 4) is 23.0 Å². The molecule has 5 nitrogen and oxygen atoms in total. The van der Waals surface area contributed by atoms with Gasteiger partial charge < -0.3 is 23.7 Å². The number of methoxy groups -OCH3 is 4. The largest absolute Gasteiger partial charge is 0.496 e. The first-order valence-corrected chi connectivity index (χ1v) is 15.1. The summed E-state index contributed by atoms with van der Waals surface area (Å²) in [5.41, 5.74) is -2.92. The molecular weight excluding hydrogens is 677 g/mol. The van der Waals surface area contributed by atoms with Crippen LogP contribution in [0.25, 0.3) is 0 Å². The molecule has 0 unspecified atom stereocenters. The van der Waals surface area contributed by atoms with Gasteiger partial charge in [-0.25, -0.2) is 0 Å². The third-order valence-corrected chi connectivity index (χ3v) is 8.65. The molecule has 0 heterocycles. The van der Waals surface area contributed by atoms with E-state index in [2.05, 4.69) is 0 Å². The zero-order valence-corrected chi connectivity index (χ0v) is 28.1. The van der Waals surface area contributed by atoms with Crippen molar-refractivity contribution in [1.82, 2.24) is 0 Å². The molecule has 228 valence electrons. The first kappa shape index (κ1) is 33.7. The van der Waals surface area contributed by atoms with Crippen LogP contribution in [0.4, 0.5) is 0 Å². The highest BCUT2D eigenvalue weighted by Gasteiger charge is 2.65. The second kappa shape index (κ2) is 13.4. The fourth-order valence-electron chi connectivity index (χ4n) is 5.21. The lowest BCUT2D eigenvalue weighted by Crippen LogP contribution is -2.55. The lowest BCUT2D eigenvalue weighted by Gasteiger charge is -2.51. The second-order valence-electron chi connectivity index (χ2n) is 9.26. The molecular formula is C32H28Cl6O5. The van der Waals surface area contributed by atoms with Gasteiger partial charge in [0.1, 0.15) is 23.0 Å². The number of para-hydroxylation sites is 4. The van der Waals surface area contributed by atoms with E-state index in [-0.39, 0.29) is 0 Å². The van der Waals surface area contributed by atoms with E-state index in [9.17, 15) is 0 Å². The number of benzene rings is 4. The Hall–Kier alpha value is -2.22. The van der Waals surface area contributed by atoms with Crippen molar-refractivity contribution in [2.75, 3.05) is 28.4 Å². The van der Waals surface area contributed by atoms with Gasteiger partial charge >= 0.3 is 0 Å². The Morgan fingerprint density at radius 2 is 0.581 bits per heavy atom. The second-order valence-corrected chi connectivity index (χ2v) is 13.8. The molecule has 0 aromatic heterocycles. The fourth-order valence-corrected chi connectivity index (χ4v) is 6.66. The van der Waals surface area contributed by atoms with Gasteiger partial charge in [0.05, 0.1) is 28.4 Å². The molecule has 0 atom stereocenters. The summed E-state index contributed by atoms with van der Waals surface area (Å²) >= 11 is 42.4. The highest BCUT2D eigenvalue weighted by molar-refractivity contribution is 6.69. The quantitative estimate of drug-likeness (QED) is 0.154. The van der Waals surface area contributed by atoms with Gasteiger partial charge in [-0.15, -0.1) is 0 Å². The molecule has 0 saturated carbocycles. The molecule has 43 heavy (non-hydrogen) atoms. The van der Waals surface area contributed by atoms with Crippen LogP contribution in [0.5, 0.6) is 23.0 Å². The molecule has 0 N–H and O–H groups in total. The lowest BCUT2D eigenvalue weighted by molar-refractivity contribution is -0.125. The van der Waals surface area contributed by atoms with Gasteiger partial charge in [0.2, 0.25) is 7.59 Å². The molecule has 0 amide bonds. The number of alkyl halides is 6. The third kappa shape index (κ3) is 5.94. The minimum atomic E-state index is -2.30. The van der Waals surface area contributed by atoms with Gasteiger partial charge in [-0.3, -0.25) is 0 Å². The predicted molar refractivity (Wildman–Crippen MR) is 175 cm³/mol. The van der Waals surface area contributed by atoms with Crippen LogP contribution < -0.4 is 18.9 Å². The van der Waals surface area contributed by atoms with Gasteiger partial charge in [0.15, 0.2) is 11.2 Å². The normalized spacial score (nSPS) is 12.5. The van der Waals surface area contributed by atoms with Crippen LogP contribution >= 0.6 is 69.6 Å². The zero-order valence-electron chi connectivity index (χ0n) is 23.5. The Labute approximate surface area is 281 Å². The van der Waals surface area contributed by atoms with Crippen molar-refractivity contribution in [2.45, 2.75) is 18.8 Å². The van der Waals surface area contributed by atoms with E-state index >= 15 is 0 Å². The fraction of sp³-hybridized carbons (Fsp3) is 0.250. The molecule has 4 aromatic rings. The molecule has 4 aromatic carbocycles. The number of ether oxygens (including phenoxy) is 5. The summed E-state index contributed by atoms with van der Waals surface area (Å²) in [6.45, 7) is 0. The van der Waals surface area contributed by atoms with Crippen LogP contribution in [0.1, 0.15) is 22.3 Å². The molecule has 0 aliphatic rings. The number of hydrogen-bond donors (Lipinski definition) is 0. The van der Waals surface area contributed by atoms with Crippen molar-refractivity contribution < 1.29 is 23.7 Å². The first-order valence-electron chi connectivity index (χ1n) is 12.8. The molecule has 4 rings (SSSR count). The summed E-state index contributed by atoms with van der Waals surface area (Å²) in [6, 6.07) is 27.8. The van der Waals surface area contributed by atoms with Crippen molar-refractivity contribution in [2.24, 2.45) is 0 Å². The van der Waals surface area contributed by atoms with E-state index in [1.54, 1.807) is 97.1 Å². The summed E-state index contributed by atoms with van der Waals surface area (Å²) < 4.78 is 25.9. The standard InChI is InChI=1S/C32H28Cl6O5/c1-39-25-17-9-5-13-21(25)29(31(33,34)35,22-14-6-10-18-26(22)40-2)43-30(32(36,37)38,23-15-7-11-19-27(23)41-3)24-16-8-12-20-28(24)42-4/h5-20H,1-4H3. The summed E-state index contributed by atoms with van der Waals surface area (Å²) in [5, 5.41) is 0. The number of rotatable bonds is 10. The summed E-state index contributed by atoms with van der Waals surface area (Å²) in [6.07, 6.45) is 0. The molecule has 11 heteroatoms. The van der Waals surface area contributed by atoms with Crippen LogP contribution in [0.3, 0.4) is 0 Å². The van der Waals surface area contributed by atoms with E-state index in [1.165, 1.54) is 28.4 Å². The Kier molecular flexibility index (Phi) is 10.5. The highest BCUT2D eigenvalue weighted by Crippen LogP contribution is 2.64. The third-order valence-electron chi connectivity index (χ3n) is 7.05. The van der Waals surface area contributed by atoms with Crippen molar-refractivity contribution in [1.29, 1.82) is 0 Å². The van der Waals surface area contributed by atoms with Crippen molar-refractivity contribution in [3.05, 3.63) is 119 Å². The highest BCUT2D eigenvalue weighted by atomic mass is 35.6. The van der Waals surface area contributed by atoms with Crippen molar-refractivity contribution >= 4 is 69.6 Å². The van der Waals surface area contributed by atoms with Crippen molar-refractivity contribution in [3.63, 3.8) is 0 Å². The maximum Gasteiger partial charge on any atom is 0.227 e. The van der Waals surface area contributed by atoms with E-state index in [1.807, 2.05) is 0 Å². The van der Waals surface area contributed by atoms with E-state index in [0.717, 1.165) is 0 Å². The number of halogens is 6. The topological polar surface area (TPSA) is 46.2 Å². The van der Waals surface area contributed by atoms with Crippen LogP contribution in [-0.2, 0) is 15.9 Å². The Bertz CT molecular complexity index is 1340. The minimum Gasteiger partial charge on any atom is -0.496 e. The smallest absolute Gasteiger partial charge is 0.227 e. The molecule has 0 spiro atoms. The van der Waals surface area contributed by atoms with Crippen LogP contribution in [0, 0.1) is 0 Å². The summed E-state index contributed by atoms with van der Waals surface area (Å²) in [4.78, 5) is 0. The summed E-state index contributed by atoms with van der Waals surface area (Å²) in [7, 11) is 5.97. The first-order chi connectivity index (χ1) is 20.4. The van der Waals surface area contributed by atoms with Gasteiger partial charge in [-0.05, 0) is 24.3 Å². The lowest BCUT2D eigenvalue weighted by atomic mass is 9.81. The maximum atomic E-state index is 7.36. The predicted octanol–water partition coefficient (Wildman–Crippen LogP) is 9.67. The van der Waals surface area contributed by atoms with Crippen LogP contribution in [0.15, 0.2) is 97.1 Å². The molecule has 0 fully saturated rings. The Balaban J connectivity index is 2.32. The van der Waals surface area contributed by atoms with Crippen LogP contribution in [0.2, 0.25) is 0 Å². The Morgan fingerprint density at radius 3 is 0.767 bits per heavy atom. The van der Waals surface area contributed by atoms with Gasteiger partial charge in [-0.2, -0.15) is 0 Å². The van der Waals surface area contributed by atoms with E-state index < -0.39 is 18.8 Å². The molecule has 0 aliphatic heterocycles. The molecule has 0 radical (unpaired) electrons. The van der Waals surface area contributed by atoms with E-state index in [0.29, 0.717) is 45.3 Å². The van der Waals surface area contributed by atoms with Gasteiger partial charge in [-0.1, -0.05) is 142 Å². The molecule has 0 aliphatic carbocycles. The monoisotopic (exact) mass is 702 g/mol. The minimum absolute atomic E-state index is 0.311. The Morgan fingerprint density at radius 1 is 0.372 bits per heavy atom. The summed E-state index contributed by atoms with van der Waals surface area (Å²) in [5.74, 6) is 1.33. The maximum absolute atomic E-state index is 7.36. The molecule has 0 bridgehead atoms. The van der Waals surface area contributed by atoms with E-state index in [4.69, 9.17) is 93.3 Å².